The van der Waals surface area contributed by atoms with Crippen LogP contribution in [-0.4, -0.2) is 34.8 Å². The second-order valence-electron chi connectivity index (χ2n) is 8.58. The van der Waals surface area contributed by atoms with Crippen molar-refractivity contribution in [2.24, 2.45) is 0 Å². The molecule has 188 valence electrons. The van der Waals surface area contributed by atoms with Crippen molar-refractivity contribution in [1.82, 2.24) is 10.3 Å². The van der Waals surface area contributed by atoms with Crippen LogP contribution in [0.4, 0.5) is 4.79 Å². The molecule has 0 spiro atoms. The molecule has 1 aliphatic rings. The molecule has 1 aliphatic carbocycles. The van der Waals surface area contributed by atoms with Crippen LogP contribution in [0.5, 0.6) is 5.75 Å². The van der Waals surface area contributed by atoms with Crippen molar-refractivity contribution in [1.29, 1.82) is 0 Å². The molecule has 0 fully saturated rings. The highest BCUT2D eigenvalue weighted by atomic mass is 35.5. The van der Waals surface area contributed by atoms with E-state index in [0.29, 0.717) is 22.4 Å². The van der Waals surface area contributed by atoms with Crippen molar-refractivity contribution in [3.63, 3.8) is 0 Å². The predicted octanol–water partition coefficient (Wildman–Crippen LogP) is 5.91. The summed E-state index contributed by atoms with van der Waals surface area (Å²) in [6.07, 6.45) is 0.947. The maximum Gasteiger partial charge on any atom is 0.407 e. The standard InChI is InChI=1S/C28H23ClN2O5S/c29-27-30-14-19(37-27)15-35-18-7-5-6-17(12-18)13-25(26(32)33)31-28(34)36-16-24-22-10-3-1-8-20(22)21-9-2-4-11-23(21)24/h1-12,14,24-25H,13,15-16H2,(H,31,34)(H,32,33). The number of benzene rings is 3. The van der Waals surface area contributed by atoms with Crippen molar-refractivity contribution >= 4 is 35.0 Å². The molecule has 1 unspecified atom stereocenters. The molecule has 1 heterocycles. The number of nitrogens with one attached hydrogen (secondary N) is 1. The van der Waals surface area contributed by atoms with Gasteiger partial charge < -0.3 is 19.9 Å². The number of hydrogen-bond donors (Lipinski definition) is 2. The summed E-state index contributed by atoms with van der Waals surface area (Å²) < 4.78 is 11.7. The minimum absolute atomic E-state index is 0.0725. The molecule has 0 bridgehead atoms. The van der Waals surface area contributed by atoms with Gasteiger partial charge in [-0.25, -0.2) is 14.6 Å². The zero-order valence-corrected chi connectivity index (χ0v) is 21.2. The largest absolute Gasteiger partial charge is 0.488 e. The molecule has 1 aromatic heterocycles. The molecule has 1 atom stereocenters. The summed E-state index contributed by atoms with van der Waals surface area (Å²) >= 11 is 7.18. The molecule has 4 aromatic rings. The molecule has 1 amide bonds. The number of hydrogen-bond acceptors (Lipinski definition) is 6. The second-order valence-corrected chi connectivity index (χ2v) is 10.3. The number of amides is 1. The van der Waals surface area contributed by atoms with Gasteiger partial charge in [-0.15, -0.1) is 11.3 Å². The third kappa shape index (κ3) is 5.76. The molecule has 9 heteroatoms. The number of aliphatic carboxylic acids is 1. The monoisotopic (exact) mass is 534 g/mol. The van der Waals surface area contributed by atoms with Gasteiger partial charge in [-0.1, -0.05) is 72.3 Å². The number of alkyl carbamates (subject to hydrolysis) is 1. The zero-order valence-electron chi connectivity index (χ0n) is 19.6. The Morgan fingerprint density at radius 3 is 2.38 bits per heavy atom. The van der Waals surface area contributed by atoms with Gasteiger partial charge >= 0.3 is 12.1 Å². The summed E-state index contributed by atoms with van der Waals surface area (Å²) in [6, 6.07) is 22.0. The highest BCUT2D eigenvalue weighted by Crippen LogP contribution is 2.44. The van der Waals surface area contributed by atoms with Gasteiger partial charge in [0, 0.05) is 18.5 Å². The van der Waals surface area contributed by atoms with E-state index in [0.717, 1.165) is 27.1 Å². The van der Waals surface area contributed by atoms with Crippen LogP contribution in [0.1, 0.15) is 27.5 Å². The fourth-order valence-corrected chi connectivity index (χ4v) is 5.38. The Morgan fingerprint density at radius 2 is 1.73 bits per heavy atom. The third-order valence-electron chi connectivity index (χ3n) is 6.18. The molecule has 0 radical (unpaired) electrons. The summed E-state index contributed by atoms with van der Waals surface area (Å²) in [6.45, 7) is 0.408. The van der Waals surface area contributed by atoms with Crippen molar-refractivity contribution in [2.45, 2.75) is 25.0 Å². The van der Waals surface area contributed by atoms with Gasteiger partial charge in [-0.05, 0) is 39.9 Å². The lowest BCUT2D eigenvalue weighted by molar-refractivity contribution is -0.139. The van der Waals surface area contributed by atoms with Gasteiger partial charge in [0.1, 0.15) is 25.0 Å². The number of halogens is 1. The molecule has 0 saturated heterocycles. The molecule has 3 aromatic carbocycles. The predicted molar refractivity (Wildman–Crippen MR) is 141 cm³/mol. The van der Waals surface area contributed by atoms with E-state index in [4.69, 9.17) is 21.1 Å². The number of nitrogens with zero attached hydrogens (tertiary/aromatic N) is 1. The lowest BCUT2D eigenvalue weighted by atomic mass is 9.98. The SMILES string of the molecule is O=C(NC(Cc1cccc(OCc2cnc(Cl)s2)c1)C(=O)O)OCC1c2ccccc2-c2ccccc21. The van der Waals surface area contributed by atoms with Crippen LogP contribution < -0.4 is 10.1 Å². The van der Waals surface area contributed by atoms with E-state index in [1.165, 1.54) is 11.3 Å². The summed E-state index contributed by atoms with van der Waals surface area (Å²) in [7, 11) is 0. The van der Waals surface area contributed by atoms with Crippen LogP contribution in [0.2, 0.25) is 4.47 Å². The lowest BCUT2D eigenvalue weighted by Crippen LogP contribution is -2.42. The average Bonchev–Trinajstić information content (AvgIpc) is 3.47. The molecule has 2 N–H and O–H groups in total. The quantitative estimate of drug-likeness (QED) is 0.277. The number of carboxylic acids is 1. The molecule has 5 rings (SSSR count). The smallest absolute Gasteiger partial charge is 0.407 e. The first kappa shape index (κ1) is 24.8. The van der Waals surface area contributed by atoms with Crippen LogP contribution in [0, 0.1) is 0 Å². The molecule has 7 nitrogen and oxygen atoms in total. The number of ether oxygens (including phenoxy) is 2. The van der Waals surface area contributed by atoms with Crippen LogP contribution in [-0.2, 0) is 22.6 Å². The number of thiazole rings is 1. The van der Waals surface area contributed by atoms with Crippen LogP contribution >= 0.6 is 22.9 Å². The summed E-state index contributed by atoms with van der Waals surface area (Å²) in [4.78, 5) is 29.4. The Kier molecular flexibility index (Phi) is 7.39. The summed E-state index contributed by atoms with van der Waals surface area (Å²) in [5.74, 6) is -0.685. The Morgan fingerprint density at radius 1 is 1.03 bits per heavy atom. The van der Waals surface area contributed by atoms with Crippen LogP contribution in [0.15, 0.2) is 79.0 Å². The Bertz CT molecular complexity index is 1390. The second kappa shape index (κ2) is 11.0. The number of rotatable bonds is 9. The van der Waals surface area contributed by atoms with E-state index in [2.05, 4.69) is 22.4 Å². The minimum Gasteiger partial charge on any atom is -0.488 e. The summed E-state index contributed by atoms with van der Waals surface area (Å²) in [5, 5.41) is 12.2. The van der Waals surface area contributed by atoms with E-state index in [-0.39, 0.29) is 18.9 Å². The topological polar surface area (TPSA) is 97.8 Å². The highest BCUT2D eigenvalue weighted by Gasteiger charge is 2.29. The van der Waals surface area contributed by atoms with E-state index >= 15 is 0 Å². The van der Waals surface area contributed by atoms with Crippen molar-refractivity contribution < 1.29 is 24.2 Å². The Hall–Kier alpha value is -3.88. The van der Waals surface area contributed by atoms with Crippen molar-refractivity contribution in [3.8, 4) is 16.9 Å². The van der Waals surface area contributed by atoms with Gasteiger partial charge in [-0.2, -0.15) is 0 Å². The summed E-state index contributed by atoms with van der Waals surface area (Å²) in [5.41, 5.74) is 5.12. The van der Waals surface area contributed by atoms with Gasteiger partial charge in [0.15, 0.2) is 4.47 Å². The first-order chi connectivity index (χ1) is 18.0. The first-order valence-corrected chi connectivity index (χ1v) is 12.8. The maximum absolute atomic E-state index is 12.6. The van der Waals surface area contributed by atoms with Gasteiger partial charge in [0.2, 0.25) is 0 Å². The highest BCUT2D eigenvalue weighted by molar-refractivity contribution is 7.15. The van der Waals surface area contributed by atoms with Gasteiger partial charge in [0.25, 0.3) is 0 Å². The fraction of sp³-hybridized carbons (Fsp3) is 0.179. The molecule has 0 saturated carbocycles. The molecule has 37 heavy (non-hydrogen) atoms. The maximum atomic E-state index is 12.6. The number of fused-ring (bicyclic) bond motifs is 3. The van der Waals surface area contributed by atoms with Crippen molar-refractivity contribution in [2.75, 3.05) is 6.61 Å². The zero-order chi connectivity index (χ0) is 25.8. The molecular formula is C28H23ClN2O5S. The minimum atomic E-state index is -1.16. The van der Waals surface area contributed by atoms with E-state index in [9.17, 15) is 14.7 Å². The first-order valence-electron chi connectivity index (χ1n) is 11.6. The van der Waals surface area contributed by atoms with Crippen LogP contribution in [0.3, 0.4) is 0 Å². The van der Waals surface area contributed by atoms with Crippen molar-refractivity contribution in [3.05, 3.63) is 105 Å². The van der Waals surface area contributed by atoms with Crippen LogP contribution in [0.25, 0.3) is 11.1 Å². The Labute approximate surface area is 222 Å². The van der Waals surface area contributed by atoms with E-state index in [1.54, 1.807) is 30.5 Å². The van der Waals surface area contributed by atoms with E-state index in [1.807, 2.05) is 36.4 Å². The molecule has 0 aliphatic heterocycles. The normalized spacial score (nSPS) is 12.9. The molecular weight excluding hydrogens is 512 g/mol. The number of carbonyl (C=O) groups excluding carboxylic acids is 1. The lowest BCUT2D eigenvalue weighted by Gasteiger charge is -2.18. The van der Waals surface area contributed by atoms with Gasteiger partial charge in [-0.3, -0.25) is 0 Å². The van der Waals surface area contributed by atoms with E-state index < -0.39 is 18.1 Å². The number of aromatic nitrogens is 1. The van der Waals surface area contributed by atoms with Gasteiger partial charge in [0.05, 0.1) is 4.88 Å². The number of carboxylic acid groups (broad SMARTS) is 1. The fourth-order valence-electron chi connectivity index (χ4n) is 4.49. The number of carbonyl (C=O) groups is 2. The Balaban J connectivity index is 1.20. The third-order valence-corrected chi connectivity index (χ3v) is 7.27. The average molecular weight is 535 g/mol.